The standard InChI is InChI=1S/C9H11BrN2S/c1-2-12-8-4-3-6(9(11)13)5-7(8)10/h3-5,12H,2H2,1H3,(H2,11,13). The third kappa shape index (κ3) is 2.67. The van der Waals surface area contributed by atoms with E-state index in [1.54, 1.807) is 0 Å². The molecule has 0 aliphatic carbocycles. The van der Waals surface area contributed by atoms with E-state index in [2.05, 4.69) is 21.2 Å². The molecule has 4 heteroatoms. The number of anilines is 1. The first-order chi connectivity index (χ1) is 6.15. The summed E-state index contributed by atoms with van der Waals surface area (Å²) in [6, 6.07) is 5.79. The minimum atomic E-state index is 0.420. The molecule has 0 aliphatic rings. The molecule has 0 heterocycles. The van der Waals surface area contributed by atoms with Crippen molar-refractivity contribution in [3.8, 4) is 0 Å². The van der Waals surface area contributed by atoms with Crippen LogP contribution in [0.3, 0.4) is 0 Å². The number of rotatable bonds is 3. The molecule has 0 spiro atoms. The first kappa shape index (κ1) is 10.5. The Bertz CT molecular complexity index is 325. The molecule has 0 saturated carbocycles. The van der Waals surface area contributed by atoms with Crippen molar-refractivity contribution in [2.45, 2.75) is 6.92 Å². The molecule has 0 radical (unpaired) electrons. The Balaban J connectivity index is 2.98. The van der Waals surface area contributed by atoms with Crippen LogP contribution >= 0.6 is 28.1 Å². The van der Waals surface area contributed by atoms with Gasteiger partial charge in [0.2, 0.25) is 0 Å². The second-order valence-corrected chi connectivity index (χ2v) is 3.88. The Morgan fingerprint density at radius 1 is 1.62 bits per heavy atom. The minimum Gasteiger partial charge on any atom is -0.389 e. The van der Waals surface area contributed by atoms with Gasteiger partial charge in [-0.2, -0.15) is 0 Å². The van der Waals surface area contributed by atoms with E-state index in [-0.39, 0.29) is 0 Å². The van der Waals surface area contributed by atoms with Crippen LogP contribution in [0.15, 0.2) is 22.7 Å². The fourth-order valence-electron chi connectivity index (χ4n) is 1.00. The van der Waals surface area contributed by atoms with Crippen LogP contribution in [-0.4, -0.2) is 11.5 Å². The van der Waals surface area contributed by atoms with Crippen molar-refractivity contribution < 1.29 is 0 Å². The van der Waals surface area contributed by atoms with Gasteiger partial charge in [0.05, 0.1) is 0 Å². The zero-order valence-corrected chi connectivity index (χ0v) is 9.71. The summed E-state index contributed by atoms with van der Waals surface area (Å²) in [5.41, 5.74) is 7.43. The highest BCUT2D eigenvalue weighted by molar-refractivity contribution is 9.10. The predicted molar refractivity (Wildman–Crippen MR) is 64.2 cm³/mol. The van der Waals surface area contributed by atoms with Crippen molar-refractivity contribution in [1.82, 2.24) is 0 Å². The zero-order chi connectivity index (χ0) is 9.84. The van der Waals surface area contributed by atoms with Crippen LogP contribution in [0, 0.1) is 0 Å². The molecule has 0 aliphatic heterocycles. The molecule has 1 rings (SSSR count). The van der Waals surface area contributed by atoms with Crippen LogP contribution in [0.5, 0.6) is 0 Å². The molecule has 0 bridgehead atoms. The highest BCUT2D eigenvalue weighted by atomic mass is 79.9. The molecule has 13 heavy (non-hydrogen) atoms. The number of nitrogens with one attached hydrogen (secondary N) is 1. The lowest BCUT2D eigenvalue weighted by Gasteiger charge is -2.07. The van der Waals surface area contributed by atoms with Gasteiger partial charge in [-0.15, -0.1) is 0 Å². The smallest absolute Gasteiger partial charge is 0.104 e. The number of thiocarbonyl (C=S) groups is 1. The summed E-state index contributed by atoms with van der Waals surface area (Å²) in [6.07, 6.45) is 0. The van der Waals surface area contributed by atoms with Crippen LogP contribution in [0.2, 0.25) is 0 Å². The maximum Gasteiger partial charge on any atom is 0.104 e. The van der Waals surface area contributed by atoms with Crippen molar-refractivity contribution in [3.05, 3.63) is 28.2 Å². The Kier molecular flexibility index (Phi) is 3.69. The molecule has 0 unspecified atom stereocenters. The van der Waals surface area contributed by atoms with Gasteiger partial charge < -0.3 is 11.1 Å². The third-order valence-electron chi connectivity index (χ3n) is 1.62. The molecule has 3 N–H and O–H groups in total. The van der Waals surface area contributed by atoms with E-state index in [1.165, 1.54) is 0 Å². The van der Waals surface area contributed by atoms with Gasteiger partial charge in [-0.25, -0.2) is 0 Å². The van der Waals surface area contributed by atoms with Crippen molar-refractivity contribution in [2.24, 2.45) is 5.73 Å². The SMILES string of the molecule is CCNc1ccc(C(N)=S)cc1Br. The molecule has 2 nitrogen and oxygen atoms in total. The molecular formula is C9H11BrN2S. The first-order valence-electron chi connectivity index (χ1n) is 3.98. The van der Waals surface area contributed by atoms with Crippen molar-refractivity contribution in [1.29, 1.82) is 0 Å². The summed E-state index contributed by atoms with van der Waals surface area (Å²) in [4.78, 5) is 0.420. The molecule has 0 atom stereocenters. The topological polar surface area (TPSA) is 38.0 Å². The number of halogens is 1. The minimum absolute atomic E-state index is 0.420. The number of hydrogen-bond donors (Lipinski definition) is 2. The van der Waals surface area contributed by atoms with Gasteiger partial charge in [0, 0.05) is 22.3 Å². The van der Waals surface area contributed by atoms with Crippen LogP contribution < -0.4 is 11.1 Å². The molecule has 0 amide bonds. The maximum absolute atomic E-state index is 5.50. The highest BCUT2D eigenvalue weighted by Gasteiger charge is 2.01. The lowest BCUT2D eigenvalue weighted by Crippen LogP contribution is -2.09. The predicted octanol–water partition coefficient (Wildman–Crippen LogP) is 2.52. The Labute approximate surface area is 91.6 Å². The van der Waals surface area contributed by atoms with E-state index in [0.29, 0.717) is 4.99 Å². The molecule has 70 valence electrons. The lowest BCUT2D eigenvalue weighted by molar-refractivity contribution is 1.21. The van der Waals surface area contributed by atoms with Gasteiger partial charge in [0.15, 0.2) is 0 Å². The molecular weight excluding hydrogens is 248 g/mol. The van der Waals surface area contributed by atoms with E-state index in [1.807, 2.05) is 25.1 Å². The average molecular weight is 259 g/mol. The van der Waals surface area contributed by atoms with E-state index in [4.69, 9.17) is 18.0 Å². The summed E-state index contributed by atoms with van der Waals surface area (Å²) >= 11 is 8.30. The van der Waals surface area contributed by atoms with E-state index < -0.39 is 0 Å². The first-order valence-corrected chi connectivity index (χ1v) is 5.18. The van der Waals surface area contributed by atoms with E-state index >= 15 is 0 Å². The summed E-state index contributed by atoms with van der Waals surface area (Å²) in [5, 5.41) is 3.21. The number of nitrogens with two attached hydrogens (primary N) is 1. The van der Waals surface area contributed by atoms with Crippen molar-refractivity contribution in [3.63, 3.8) is 0 Å². The second kappa shape index (κ2) is 4.58. The van der Waals surface area contributed by atoms with Crippen LogP contribution in [0.25, 0.3) is 0 Å². The summed E-state index contributed by atoms with van der Waals surface area (Å²) < 4.78 is 0.986. The van der Waals surface area contributed by atoms with Crippen LogP contribution in [0.4, 0.5) is 5.69 Å². The zero-order valence-electron chi connectivity index (χ0n) is 7.30. The van der Waals surface area contributed by atoms with Crippen molar-refractivity contribution in [2.75, 3.05) is 11.9 Å². The lowest BCUT2D eigenvalue weighted by atomic mass is 10.2. The van der Waals surface area contributed by atoms with Crippen LogP contribution in [0.1, 0.15) is 12.5 Å². The van der Waals surface area contributed by atoms with E-state index in [0.717, 1.165) is 22.3 Å². The molecule has 1 aromatic rings. The maximum atomic E-state index is 5.50. The molecule has 0 aromatic heterocycles. The quantitative estimate of drug-likeness (QED) is 0.819. The summed E-state index contributed by atoms with van der Waals surface area (Å²) in [7, 11) is 0. The molecule has 1 aromatic carbocycles. The van der Waals surface area contributed by atoms with Gasteiger partial charge >= 0.3 is 0 Å². The fraction of sp³-hybridized carbons (Fsp3) is 0.222. The number of benzene rings is 1. The van der Waals surface area contributed by atoms with Gasteiger partial charge in [0.1, 0.15) is 4.99 Å². The fourth-order valence-corrected chi connectivity index (χ4v) is 1.65. The van der Waals surface area contributed by atoms with E-state index in [9.17, 15) is 0 Å². The van der Waals surface area contributed by atoms with Crippen molar-refractivity contribution >= 4 is 38.8 Å². The van der Waals surface area contributed by atoms with Gasteiger partial charge in [0.25, 0.3) is 0 Å². The van der Waals surface area contributed by atoms with Crippen LogP contribution in [-0.2, 0) is 0 Å². The Morgan fingerprint density at radius 2 is 2.31 bits per heavy atom. The average Bonchev–Trinajstić information content (AvgIpc) is 2.08. The highest BCUT2D eigenvalue weighted by Crippen LogP contribution is 2.23. The van der Waals surface area contributed by atoms with Gasteiger partial charge in [-0.3, -0.25) is 0 Å². The van der Waals surface area contributed by atoms with Gasteiger partial charge in [-0.05, 0) is 41.1 Å². The number of hydrogen-bond acceptors (Lipinski definition) is 2. The van der Waals surface area contributed by atoms with Gasteiger partial charge in [-0.1, -0.05) is 12.2 Å². The normalized spacial score (nSPS) is 9.69. The molecule has 0 saturated heterocycles. The summed E-state index contributed by atoms with van der Waals surface area (Å²) in [5.74, 6) is 0. The third-order valence-corrected chi connectivity index (χ3v) is 2.51. The Hall–Kier alpha value is -0.610. The second-order valence-electron chi connectivity index (χ2n) is 2.59. The summed E-state index contributed by atoms with van der Waals surface area (Å²) in [6.45, 7) is 2.94. The Morgan fingerprint density at radius 3 is 2.77 bits per heavy atom. The molecule has 0 fully saturated rings. The largest absolute Gasteiger partial charge is 0.389 e. The monoisotopic (exact) mass is 258 g/mol.